The summed E-state index contributed by atoms with van der Waals surface area (Å²) >= 11 is 0. The molecule has 1 aromatic rings. The Kier molecular flexibility index (Phi) is 5.60. The van der Waals surface area contributed by atoms with Gasteiger partial charge in [0.1, 0.15) is 0 Å². The standard InChI is InChI=1S/C23H34N4O3/c1-14(2)19(28)26-21-22(3,4)15-12-16-18(30-11-8-23(16,21)13-15)7-10-24-20(29)17-6-5-9-25-27-17/h5-6,9,14-16,18,21H,7-8,10-13H2,1-4H3,(H,24,29)(H,26,28)/t15-,16-,18-,21+,23-/m1/s1. The van der Waals surface area contributed by atoms with Crippen LogP contribution in [-0.4, -0.2) is 47.3 Å². The SMILES string of the molecule is CC(C)C(=O)N[C@H]1C(C)(C)[C@@H]2C[C@@H]3[C@@H](CCNC(=O)c4cccnn4)OCC[C@@]31C2. The second kappa shape index (κ2) is 7.91. The highest BCUT2D eigenvalue weighted by Crippen LogP contribution is 2.68. The van der Waals surface area contributed by atoms with Crippen molar-refractivity contribution < 1.29 is 14.3 Å². The molecule has 2 bridgehead atoms. The Balaban J connectivity index is 1.43. The maximum atomic E-state index is 12.6. The van der Waals surface area contributed by atoms with Gasteiger partial charge >= 0.3 is 0 Å². The molecule has 2 N–H and O–H groups in total. The Labute approximate surface area is 178 Å². The van der Waals surface area contributed by atoms with E-state index in [1.54, 1.807) is 18.3 Å². The van der Waals surface area contributed by atoms with Crippen LogP contribution in [0, 0.1) is 28.6 Å². The lowest BCUT2D eigenvalue weighted by molar-refractivity contribution is -0.138. The number of carbonyl (C=O) groups excluding carboxylic acids is 2. The molecule has 2 saturated carbocycles. The van der Waals surface area contributed by atoms with E-state index in [0.717, 1.165) is 25.9 Å². The zero-order valence-corrected chi connectivity index (χ0v) is 18.5. The third-order valence-corrected chi connectivity index (χ3v) is 7.95. The molecule has 7 heteroatoms. The van der Waals surface area contributed by atoms with E-state index in [4.69, 9.17) is 4.74 Å². The summed E-state index contributed by atoms with van der Waals surface area (Å²) in [6.45, 7) is 9.81. The summed E-state index contributed by atoms with van der Waals surface area (Å²) < 4.78 is 6.20. The van der Waals surface area contributed by atoms with Crippen LogP contribution in [0.5, 0.6) is 0 Å². The fourth-order valence-electron chi connectivity index (χ4n) is 6.34. The lowest BCUT2D eigenvalue weighted by Crippen LogP contribution is -2.60. The highest BCUT2D eigenvalue weighted by molar-refractivity contribution is 5.91. The average Bonchev–Trinajstić information content (AvgIpc) is 3.21. The molecule has 2 aliphatic carbocycles. The average molecular weight is 415 g/mol. The van der Waals surface area contributed by atoms with Gasteiger partial charge in [-0.1, -0.05) is 27.7 Å². The van der Waals surface area contributed by atoms with E-state index in [-0.39, 0.29) is 40.7 Å². The molecule has 0 radical (unpaired) electrons. The Hall–Kier alpha value is -2.02. The third kappa shape index (κ3) is 3.51. The number of hydrogen-bond donors (Lipinski definition) is 2. The van der Waals surface area contributed by atoms with Gasteiger partial charge in [0.15, 0.2) is 5.69 Å². The summed E-state index contributed by atoms with van der Waals surface area (Å²) in [5.74, 6) is 0.952. The number of carbonyl (C=O) groups is 2. The van der Waals surface area contributed by atoms with Crippen molar-refractivity contribution in [3.63, 3.8) is 0 Å². The van der Waals surface area contributed by atoms with Crippen LogP contribution in [0.15, 0.2) is 18.3 Å². The van der Waals surface area contributed by atoms with Crippen LogP contribution in [0.2, 0.25) is 0 Å². The highest BCUT2D eigenvalue weighted by Gasteiger charge is 2.68. The fraction of sp³-hybridized carbons (Fsp3) is 0.739. The normalized spacial score (nSPS) is 33.9. The van der Waals surface area contributed by atoms with Gasteiger partial charge < -0.3 is 15.4 Å². The van der Waals surface area contributed by atoms with Gasteiger partial charge in [0.05, 0.1) is 6.10 Å². The predicted octanol–water partition coefficient (Wildman–Crippen LogP) is 2.58. The zero-order chi connectivity index (χ0) is 21.5. The Morgan fingerprint density at radius 1 is 1.33 bits per heavy atom. The molecule has 2 heterocycles. The van der Waals surface area contributed by atoms with Crippen LogP contribution in [-0.2, 0) is 9.53 Å². The largest absolute Gasteiger partial charge is 0.378 e. The number of amides is 2. The molecule has 3 fully saturated rings. The van der Waals surface area contributed by atoms with Crippen molar-refractivity contribution in [3.8, 4) is 0 Å². The minimum Gasteiger partial charge on any atom is -0.378 e. The summed E-state index contributed by atoms with van der Waals surface area (Å²) in [6.07, 6.45) is 5.75. The molecule has 0 unspecified atom stereocenters. The van der Waals surface area contributed by atoms with Gasteiger partial charge in [-0.05, 0) is 60.5 Å². The summed E-state index contributed by atoms with van der Waals surface area (Å²) in [5.41, 5.74) is 0.538. The first-order valence-corrected chi connectivity index (χ1v) is 11.2. The van der Waals surface area contributed by atoms with Gasteiger partial charge in [-0.25, -0.2) is 0 Å². The maximum absolute atomic E-state index is 12.6. The first-order valence-electron chi connectivity index (χ1n) is 11.2. The van der Waals surface area contributed by atoms with Gasteiger partial charge in [-0.3, -0.25) is 9.59 Å². The van der Waals surface area contributed by atoms with Gasteiger partial charge in [0, 0.05) is 31.3 Å². The van der Waals surface area contributed by atoms with Crippen molar-refractivity contribution in [1.82, 2.24) is 20.8 Å². The van der Waals surface area contributed by atoms with Crippen LogP contribution >= 0.6 is 0 Å². The molecular formula is C23H34N4O3. The molecule has 3 aliphatic rings. The number of rotatable bonds is 6. The lowest BCUT2D eigenvalue weighted by atomic mass is 9.59. The van der Waals surface area contributed by atoms with Crippen molar-refractivity contribution in [2.24, 2.45) is 28.6 Å². The first-order chi connectivity index (χ1) is 14.3. The summed E-state index contributed by atoms with van der Waals surface area (Å²) in [5, 5.41) is 14.0. The minimum absolute atomic E-state index is 0.0123. The number of aromatic nitrogens is 2. The van der Waals surface area contributed by atoms with E-state index >= 15 is 0 Å². The van der Waals surface area contributed by atoms with Crippen molar-refractivity contribution in [1.29, 1.82) is 0 Å². The molecule has 1 aliphatic heterocycles. The molecule has 2 amide bonds. The molecule has 0 aromatic carbocycles. The smallest absolute Gasteiger partial charge is 0.271 e. The van der Waals surface area contributed by atoms with E-state index < -0.39 is 0 Å². The summed E-state index contributed by atoms with van der Waals surface area (Å²) in [4.78, 5) is 24.9. The predicted molar refractivity (Wildman–Crippen MR) is 113 cm³/mol. The second-order valence-corrected chi connectivity index (χ2v) is 10.2. The van der Waals surface area contributed by atoms with Crippen molar-refractivity contribution in [3.05, 3.63) is 24.0 Å². The molecule has 30 heavy (non-hydrogen) atoms. The number of nitrogens with one attached hydrogen (secondary N) is 2. The number of fused-ring (bicyclic) bond motifs is 1. The van der Waals surface area contributed by atoms with Crippen molar-refractivity contribution in [2.45, 2.75) is 65.5 Å². The Bertz CT molecular complexity index is 797. The Morgan fingerprint density at radius 3 is 2.83 bits per heavy atom. The molecule has 5 atom stereocenters. The van der Waals surface area contributed by atoms with Crippen LogP contribution < -0.4 is 10.6 Å². The number of hydrogen-bond acceptors (Lipinski definition) is 5. The van der Waals surface area contributed by atoms with Gasteiger partial charge in [-0.2, -0.15) is 5.10 Å². The molecule has 7 nitrogen and oxygen atoms in total. The molecular weight excluding hydrogens is 380 g/mol. The maximum Gasteiger partial charge on any atom is 0.271 e. The van der Waals surface area contributed by atoms with E-state index in [1.807, 2.05) is 13.8 Å². The van der Waals surface area contributed by atoms with E-state index in [2.05, 4.69) is 34.7 Å². The fourth-order valence-corrected chi connectivity index (χ4v) is 6.34. The second-order valence-electron chi connectivity index (χ2n) is 10.2. The van der Waals surface area contributed by atoms with E-state index in [9.17, 15) is 9.59 Å². The Morgan fingerprint density at radius 2 is 2.13 bits per heavy atom. The molecule has 1 spiro atoms. The summed E-state index contributed by atoms with van der Waals surface area (Å²) in [6, 6.07) is 3.55. The molecule has 164 valence electrons. The third-order valence-electron chi connectivity index (χ3n) is 7.95. The van der Waals surface area contributed by atoms with Crippen LogP contribution in [0.1, 0.15) is 63.9 Å². The van der Waals surface area contributed by atoms with Crippen LogP contribution in [0.4, 0.5) is 0 Å². The first kappa shape index (κ1) is 21.2. The number of nitrogens with zero attached hydrogens (tertiary/aromatic N) is 2. The van der Waals surface area contributed by atoms with Gasteiger partial charge in [0.2, 0.25) is 5.91 Å². The highest BCUT2D eigenvalue weighted by atomic mass is 16.5. The number of ether oxygens (including phenoxy) is 1. The van der Waals surface area contributed by atoms with Crippen molar-refractivity contribution in [2.75, 3.05) is 13.2 Å². The quantitative estimate of drug-likeness (QED) is 0.746. The topological polar surface area (TPSA) is 93.2 Å². The van der Waals surface area contributed by atoms with Crippen LogP contribution in [0.3, 0.4) is 0 Å². The van der Waals surface area contributed by atoms with Crippen molar-refractivity contribution >= 4 is 11.8 Å². The van der Waals surface area contributed by atoms with Gasteiger partial charge in [0.25, 0.3) is 5.91 Å². The molecule has 1 aromatic heterocycles. The molecule has 1 saturated heterocycles. The van der Waals surface area contributed by atoms with Gasteiger partial charge in [-0.15, -0.1) is 5.10 Å². The van der Waals surface area contributed by atoms with E-state index in [1.165, 1.54) is 6.42 Å². The molecule has 4 rings (SSSR count). The summed E-state index contributed by atoms with van der Waals surface area (Å²) in [7, 11) is 0. The van der Waals surface area contributed by atoms with E-state index in [0.29, 0.717) is 24.1 Å². The lowest BCUT2D eigenvalue weighted by Gasteiger charge is -2.53. The zero-order valence-electron chi connectivity index (χ0n) is 18.5. The van der Waals surface area contributed by atoms with Crippen LogP contribution in [0.25, 0.3) is 0 Å². The monoisotopic (exact) mass is 414 g/mol. The minimum atomic E-state index is -0.204.